The Kier molecular flexibility index (Phi) is 3.75. The summed E-state index contributed by atoms with van der Waals surface area (Å²) in [6, 6.07) is 1.55. The molecule has 4 aliphatic carbocycles. The molecule has 1 saturated heterocycles. The first kappa shape index (κ1) is 16.8. The third-order valence-electron chi connectivity index (χ3n) is 10.1. The van der Waals surface area contributed by atoms with E-state index in [1.54, 1.807) is 0 Å². The van der Waals surface area contributed by atoms with Gasteiger partial charge in [0.05, 0.1) is 0 Å². The molecular formula is C23H38N2. The molecule has 2 heteroatoms. The van der Waals surface area contributed by atoms with Gasteiger partial charge in [-0.1, -0.05) is 18.6 Å². The van der Waals surface area contributed by atoms with Crippen molar-refractivity contribution < 1.29 is 0 Å². The SMILES string of the molecule is CN[C@H]1CC[C@@]2(C)C(=CC[C@@H]3C2CC[C@]24CN(C)[C@@H](C)[C@H]2CC[C@@H]34)C1. The van der Waals surface area contributed by atoms with Gasteiger partial charge in [-0.15, -0.1) is 0 Å². The van der Waals surface area contributed by atoms with E-state index in [4.69, 9.17) is 0 Å². The molecule has 0 amide bonds. The van der Waals surface area contributed by atoms with E-state index in [-0.39, 0.29) is 0 Å². The number of likely N-dealkylation sites (tertiary alicyclic amines) is 1. The average molecular weight is 343 g/mol. The summed E-state index contributed by atoms with van der Waals surface area (Å²) in [5.74, 6) is 3.96. The van der Waals surface area contributed by atoms with E-state index in [1.165, 1.54) is 57.9 Å². The lowest BCUT2D eigenvalue weighted by Crippen LogP contribution is -2.52. The third-order valence-corrected chi connectivity index (χ3v) is 10.1. The van der Waals surface area contributed by atoms with Crippen LogP contribution in [0.3, 0.4) is 0 Å². The molecule has 4 fully saturated rings. The maximum absolute atomic E-state index is 3.56. The van der Waals surface area contributed by atoms with Gasteiger partial charge in [0, 0.05) is 18.6 Å². The van der Waals surface area contributed by atoms with Crippen molar-refractivity contribution >= 4 is 0 Å². The lowest BCUT2D eigenvalue weighted by atomic mass is 9.47. The van der Waals surface area contributed by atoms with Crippen molar-refractivity contribution in [3.05, 3.63) is 11.6 Å². The molecule has 1 heterocycles. The monoisotopic (exact) mass is 342 g/mol. The summed E-state index contributed by atoms with van der Waals surface area (Å²) in [5.41, 5.74) is 3.02. The van der Waals surface area contributed by atoms with Crippen LogP contribution >= 0.6 is 0 Å². The van der Waals surface area contributed by atoms with E-state index in [0.29, 0.717) is 10.8 Å². The van der Waals surface area contributed by atoms with Crippen LogP contribution in [-0.4, -0.2) is 37.6 Å². The van der Waals surface area contributed by atoms with Crippen LogP contribution in [0.2, 0.25) is 0 Å². The number of hydrogen-bond donors (Lipinski definition) is 1. The van der Waals surface area contributed by atoms with Gasteiger partial charge < -0.3 is 10.2 Å². The molecular weight excluding hydrogens is 304 g/mol. The summed E-state index contributed by atoms with van der Waals surface area (Å²) in [6.45, 7) is 6.55. The third kappa shape index (κ3) is 2.10. The van der Waals surface area contributed by atoms with E-state index in [0.717, 1.165) is 35.8 Å². The molecule has 0 bridgehead atoms. The number of fused-ring (bicyclic) bond motifs is 4. The quantitative estimate of drug-likeness (QED) is 0.707. The normalized spacial score (nSPS) is 55.1. The Morgan fingerprint density at radius 2 is 1.88 bits per heavy atom. The molecule has 0 radical (unpaired) electrons. The van der Waals surface area contributed by atoms with Crippen LogP contribution in [0.15, 0.2) is 11.6 Å². The minimum atomic E-state index is 0.520. The maximum Gasteiger partial charge on any atom is 0.0102 e. The van der Waals surface area contributed by atoms with E-state index in [9.17, 15) is 0 Å². The summed E-state index contributed by atoms with van der Waals surface area (Å²) in [7, 11) is 4.54. The number of hydrogen-bond acceptors (Lipinski definition) is 2. The molecule has 1 spiro atoms. The van der Waals surface area contributed by atoms with Crippen LogP contribution in [0.5, 0.6) is 0 Å². The maximum atomic E-state index is 3.56. The number of rotatable bonds is 1. The van der Waals surface area contributed by atoms with Crippen LogP contribution in [0.1, 0.15) is 65.2 Å². The highest BCUT2D eigenvalue weighted by Crippen LogP contribution is 2.68. The van der Waals surface area contributed by atoms with Gasteiger partial charge in [0.2, 0.25) is 0 Å². The van der Waals surface area contributed by atoms with Crippen LogP contribution in [-0.2, 0) is 0 Å². The minimum absolute atomic E-state index is 0.520. The summed E-state index contributed by atoms with van der Waals surface area (Å²) in [4.78, 5) is 2.70. The van der Waals surface area contributed by atoms with Gasteiger partial charge in [-0.2, -0.15) is 0 Å². The van der Waals surface area contributed by atoms with Gasteiger partial charge in [-0.3, -0.25) is 0 Å². The van der Waals surface area contributed by atoms with Gasteiger partial charge >= 0.3 is 0 Å². The highest BCUT2D eigenvalue weighted by molar-refractivity contribution is 5.26. The van der Waals surface area contributed by atoms with E-state index in [2.05, 4.69) is 44.2 Å². The molecule has 0 aromatic heterocycles. The minimum Gasteiger partial charge on any atom is -0.317 e. The summed E-state index contributed by atoms with van der Waals surface area (Å²) >= 11 is 0. The van der Waals surface area contributed by atoms with Crippen molar-refractivity contribution in [2.24, 2.45) is 34.5 Å². The zero-order valence-corrected chi connectivity index (χ0v) is 16.9. The van der Waals surface area contributed by atoms with Crippen LogP contribution in [0.4, 0.5) is 0 Å². The lowest BCUT2D eigenvalue weighted by molar-refractivity contribution is -0.0403. The first-order chi connectivity index (χ1) is 12.0. The second kappa shape index (κ2) is 5.58. The second-order valence-electron chi connectivity index (χ2n) is 10.6. The highest BCUT2D eigenvalue weighted by Gasteiger charge is 2.63. The van der Waals surface area contributed by atoms with Crippen molar-refractivity contribution in [3.63, 3.8) is 0 Å². The Balaban J connectivity index is 1.47. The molecule has 0 aromatic carbocycles. The van der Waals surface area contributed by atoms with E-state index >= 15 is 0 Å². The predicted octanol–water partition coefficient (Wildman–Crippen LogP) is 4.47. The van der Waals surface area contributed by atoms with Crippen molar-refractivity contribution in [2.75, 3.05) is 20.6 Å². The Labute approximate surface area is 154 Å². The van der Waals surface area contributed by atoms with Gasteiger partial charge in [-0.05, 0) is 107 Å². The van der Waals surface area contributed by atoms with Crippen molar-refractivity contribution in [3.8, 4) is 0 Å². The molecule has 140 valence electrons. The van der Waals surface area contributed by atoms with E-state index < -0.39 is 0 Å². The summed E-state index contributed by atoms with van der Waals surface area (Å²) < 4.78 is 0. The summed E-state index contributed by atoms with van der Waals surface area (Å²) in [6.07, 6.45) is 14.3. The molecule has 5 rings (SSSR count). The largest absolute Gasteiger partial charge is 0.317 e. The highest BCUT2D eigenvalue weighted by atomic mass is 15.2. The van der Waals surface area contributed by atoms with Crippen molar-refractivity contribution in [1.82, 2.24) is 10.2 Å². The first-order valence-corrected chi connectivity index (χ1v) is 11.1. The fourth-order valence-corrected chi connectivity index (χ4v) is 8.71. The molecule has 1 aliphatic heterocycles. The molecule has 2 nitrogen and oxygen atoms in total. The van der Waals surface area contributed by atoms with Gasteiger partial charge in [-0.25, -0.2) is 0 Å². The molecule has 25 heavy (non-hydrogen) atoms. The molecule has 1 unspecified atom stereocenters. The molecule has 5 aliphatic rings. The van der Waals surface area contributed by atoms with E-state index in [1.807, 2.05) is 5.57 Å². The van der Waals surface area contributed by atoms with Crippen molar-refractivity contribution in [1.29, 1.82) is 0 Å². The zero-order chi connectivity index (χ0) is 17.4. The topological polar surface area (TPSA) is 15.3 Å². The van der Waals surface area contributed by atoms with Gasteiger partial charge in [0.15, 0.2) is 0 Å². The smallest absolute Gasteiger partial charge is 0.0102 e. The van der Waals surface area contributed by atoms with Crippen LogP contribution in [0.25, 0.3) is 0 Å². The molecule has 1 N–H and O–H groups in total. The predicted molar refractivity (Wildman–Crippen MR) is 104 cm³/mol. The Morgan fingerprint density at radius 1 is 1.08 bits per heavy atom. The fourth-order valence-electron chi connectivity index (χ4n) is 8.71. The van der Waals surface area contributed by atoms with Crippen molar-refractivity contribution in [2.45, 2.75) is 77.3 Å². The Morgan fingerprint density at radius 3 is 2.68 bits per heavy atom. The van der Waals surface area contributed by atoms with Crippen LogP contribution < -0.4 is 5.32 Å². The van der Waals surface area contributed by atoms with Gasteiger partial charge in [0.1, 0.15) is 0 Å². The standard InChI is InChI=1S/C23H38N2/c1-15-19-7-8-21-18-6-5-16-13-17(24-3)9-11-22(16,2)20(18)10-12-23(19,21)14-25(15)4/h5,15,17-21,24H,6-14H2,1-4H3/t15-,17-,18+,19+,20?,21-,22-,23-/m0/s1. The number of allylic oxidation sites excluding steroid dienone is 1. The lowest BCUT2D eigenvalue weighted by Gasteiger charge is -2.58. The van der Waals surface area contributed by atoms with Crippen LogP contribution in [0, 0.1) is 34.5 Å². The Hall–Kier alpha value is -0.340. The average Bonchev–Trinajstić information content (AvgIpc) is 3.09. The fraction of sp³-hybridized carbons (Fsp3) is 0.913. The Bertz CT molecular complexity index is 583. The molecule has 3 saturated carbocycles. The summed E-state index contributed by atoms with van der Waals surface area (Å²) in [5, 5.41) is 3.56. The molecule has 0 aromatic rings. The molecule has 8 atom stereocenters. The second-order valence-corrected chi connectivity index (χ2v) is 10.6. The number of nitrogens with zero attached hydrogens (tertiary/aromatic N) is 1. The zero-order valence-electron chi connectivity index (χ0n) is 16.9. The van der Waals surface area contributed by atoms with Gasteiger partial charge in [0.25, 0.3) is 0 Å². The first-order valence-electron chi connectivity index (χ1n) is 11.1. The number of nitrogens with one attached hydrogen (secondary N) is 1.